The quantitative estimate of drug-likeness (QED) is 0.899. The topological polar surface area (TPSA) is 81.1 Å². The summed E-state index contributed by atoms with van der Waals surface area (Å²) in [6.45, 7) is 3.74. The van der Waals surface area contributed by atoms with Crippen molar-refractivity contribution < 1.29 is 9.53 Å². The molecule has 2 heterocycles. The van der Waals surface area contributed by atoms with Crippen molar-refractivity contribution in [2.75, 3.05) is 6.61 Å². The molecule has 0 saturated heterocycles. The molecule has 2 amide bonds. The van der Waals surface area contributed by atoms with Gasteiger partial charge in [0, 0.05) is 18.5 Å². The van der Waals surface area contributed by atoms with Crippen molar-refractivity contribution in [2.24, 2.45) is 0 Å². The molecule has 0 saturated carbocycles. The first-order valence-electron chi connectivity index (χ1n) is 7.40. The van der Waals surface area contributed by atoms with Crippen LogP contribution in [0.2, 0.25) is 0 Å². The molecule has 1 aliphatic heterocycles. The second-order valence-corrected chi connectivity index (χ2v) is 5.09. The predicted octanol–water partition coefficient (Wildman–Crippen LogP) is 1.62. The summed E-state index contributed by atoms with van der Waals surface area (Å²) in [4.78, 5) is 12.1. The third-order valence-corrected chi connectivity index (χ3v) is 3.71. The van der Waals surface area contributed by atoms with Gasteiger partial charge in [-0.2, -0.15) is 0 Å². The molecule has 2 N–H and O–H groups in total. The number of rotatable bonds is 4. The highest BCUT2D eigenvalue weighted by Gasteiger charge is 2.22. The molecule has 1 atom stereocenters. The number of aromatic nitrogens is 3. The number of nitrogens with zero attached hydrogens (tertiary/aromatic N) is 3. The highest BCUT2D eigenvalue weighted by Crippen LogP contribution is 2.31. The number of nitrogens with one attached hydrogen (secondary N) is 2. The molecule has 1 aromatic carbocycles. The highest BCUT2D eigenvalue weighted by molar-refractivity contribution is 5.74. The van der Waals surface area contributed by atoms with E-state index in [0.29, 0.717) is 13.2 Å². The number of hydrogen-bond donors (Lipinski definition) is 2. The number of urea groups is 1. The maximum Gasteiger partial charge on any atom is 0.315 e. The lowest BCUT2D eigenvalue weighted by Crippen LogP contribution is -2.39. The molecular weight excluding hydrogens is 282 g/mol. The van der Waals surface area contributed by atoms with E-state index >= 15 is 0 Å². The van der Waals surface area contributed by atoms with Crippen LogP contribution in [0.4, 0.5) is 4.79 Å². The van der Waals surface area contributed by atoms with Crippen molar-refractivity contribution in [2.45, 2.75) is 32.5 Å². The molecule has 0 bridgehead atoms. The van der Waals surface area contributed by atoms with Crippen LogP contribution >= 0.6 is 0 Å². The van der Waals surface area contributed by atoms with Crippen molar-refractivity contribution in [3.63, 3.8) is 0 Å². The third-order valence-electron chi connectivity index (χ3n) is 3.71. The maximum absolute atomic E-state index is 12.1. The van der Waals surface area contributed by atoms with E-state index in [2.05, 4.69) is 20.8 Å². The second kappa shape index (κ2) is 6.46. The van der Waals surface area contributed by atoms with E-state index in [1.54, 1.807) is 6.33 Å². The summed E-state index contributed by atoms with van der Waals surface area (Å²) in [6, 6.07) is 7.53. The van der Waals surface area contributed by atoms with Crippen LogP contribution in [-0.2, 0) is 13.1 Å². The van der Waals surface area contributed by atoms with Gasteiger partial charge in [-0.25, -0.2) is 4.79 Å². The highest BCUT2D eigenvalue weighted by atomic mass is 16.5. The lowest BCUT2D eigenvalue weighted by Gasteiger charge is -2.26. The Labute approximate surface area is 128 Å². The molecule has 0 radical (unpaired) electrons. The standard InChI is InChI=1S/C15H19N5O2/c1-2-20-10-17-19-14(20)9-16-15(21)18-12-7-8-22-13-6-4-3-5-11(12)13/h3-6,10,12H,2,7-9H2,1H3,(H2,16,18,21). The normalized spacial score (nSPS) is 16.5. The number of carbonyl (C=O) groups excluding carboxylic acids is 1. The number of ether oxygens (including phenoxy) is 1. The number of para-hydroxylation sites is 1. The third kappa shape index (κ3) is 3.03. The Kier molecular flexibility index (Phi) is 4.22. The number of carbonyl (C=O) groups is 1. The van der Waals surface area contributed by atoms with E-state index in [9.17, 15) is 4.79 Å². The molecule has 1 aliphatic rings. The van der Waals surface area contributed by atoms with Crippen molar-refractivity contribution in [3.05, 3.63) is 42.0 Å². The number of benzene rings is 1. The fourth-order valence-electron chi connectivity index (χ4n) is 2.54. The minimum absolute atomic E-state index is 0.0333. The first kappa shape index (κ1) is 14.4. The van der Waals surface area contributed by atoms with Gasteiger partial charge in [0.1, 0.15) is 12.1 Å². The van der Waals surface area contributed by atoms with Crippen LogP contribution in [0.3, 0.4) is 0 Å². The van der Waals surface area contributed by atoms with Gasteiger partial charge in [0.05, 0.1) is 19.2 Å². The van der Waals surface area contributed by atoms with Gasteiger partial charge in [-0.3, -0.25) is 0 Å². The molecule has 7 heteroatoms. The minimum atomic E-state index is -0.215. The van der Waals surface area contributed by atoms with Gasteiger partial charge in [-0.15, -0.1) is 10.2 Å². The Morgan fingerprint density at radius 1 is 1.45 bits per heavy atom. The SMILES string of the molecule is CCn1cnnc1CNC(=O)NC1CCOc2ccccc21. The Balaban J connectivity index is 1.59. The number of fused-ring (bicyclic) bond motifs is 1. The molecule has 3 rings (SSSR count). The Hall–Kier alpha value is -2.57. The molecule has 7 nitrogen and oxygen atoms in total. The molecule has 2 aromatic rings. The Morgan fingerprint density at radius 3 is 3.18 bits per heavy atom. The van der Waals surface area contributed by atoms with Crippen LogP contribution in [-0.4, -0.2) is 27.4 Å². The molecule has 0 spiro atoms. The summed E-state index contributed by atoms with van der Waals surface area (Å²) in [5.74, 6) is 1.58. The molecule has 1 aromatic heterocycles. The Bertz CT molecular complexity index is 655. The minimum Gasteiger partial charge on any atom is -0.493 e. The summed E-state index contributed by atoms with van der Waals surface area (Å²) in [6.07, 6.45) is 2.42. The predicted molar refractivity (Wildman–Crippen MR) is 80.4 cm³/mol. The zero-order chi connectivity index (χ0) is 15.4. The summed E-state index contributed by atoms with van der Waals surface area (Å²) in [5.41, 5.74) is 1.01. The van der Waals surface area contributed by atoms with E-state index < -0.39 is 0 Å². The van der Waals surface area contributed by atoms with Crippen LogP contribution in [0.1, 0.15) is 30.8 Å². The van der Waals surface area contributed by atoms with Gasteiger partial charge in [0.15, 0.2) is 5.82 Å². The van der Waals surface area contributed by atoms with Gasteiger partial charge < -0.3 is 19.9 Å². The van der Waals surface area contributed by atoms with Crippen LogP contribution in [0.5, 0.6) is 5.75 Å². The van der Waals surface area contributed by atoms with Crippen molar-refractivity contribution >= 4 is 6.03 Å². The summed E-state index contributed by atoms with van der Waals surface area (Å²) in [5, 5.41) is 13.6. The van der Waals surface area contributed by atoms with Gasteiger partial charge in [0.25, 0.3) is 0 Å². The van der Waals surface area contributed by atoms with Gasteiger partial charge >= 0.3 is 6.03 Å². The van der Waals surface area contributed by atoms with Crippen LogP contribution in [0, 0.1) is 0 Å². The lowest BCUT2D eigenvalue weighted by atomic mass is 10.0. The zero-order valence-corrected chi connectivity index (χ0v) is 12.5. The summed E-state index contributed by atoms with van der Waals surface area (Å²) < 4.78 is 7.48. The summed E-state index contributed by atoms with van der Waals surface area (Å²) >= 11 is 0. The van der Waals surface area contributed by atoms with Crippen molar-refractivity contribution in [1.29, 1.82) is 0 Å². The van der Waals surface area contributed by atoms with Crippen LogP contribution in [0.15, 0.2) is 30.6 Å². The van der Waals surface area contributed by atoms with Crippen LogP contribution in [0.25, 0.3) is 0 Å². The van der Waals surface area contributed by atoms with E-state index in [4.69, 9.17) is 4.74 Å². The number of hydrogen-bond acceptors (Lipinski definition) is 4. The number of amides is 2. The number of aryl methyl sites for hydroxylation is 1. The first-order valence-corrected chi connectivity index (χ1v) is 7.40. The fourth-order valence-corrected chi connectivity index (χ4v) is 2.54. The second-order valence-electron chi connectivity index (χ2n) is 5.09. The maximum atomic E-state index is 12.1. The molecule has 0 fully saturated rings. The largest absolute Gasteiger partial charge is 0.493 e. The zero-order valence-electron chi connectivity index (χ0n) is 12.5. The molecule has 116 valence electrons. The van der Waals surface area contributed by atoms with Crippen molar-refractivity contribution in [1.82, 2.24) is 25.4 Å². The fraction of sp³-hybridized carbons (Fsp3) is 0.400. The molecule has 22 heavy (non-hydrogen) atoms. The molecular formula is C15H19N5O2. The van der Waals surface area contributed by atoms with E-state index in [-0.39, 0.29) is 12.1 Å². The Morgan fingerprint density at radius 2 is 2.32 bits per heavy atom. The van der Waals surface area contributed by atoms with Crippen LogP contribution < -0.4 is 15.4 Å². The van der Waals surface area contributed by atoms with Crippen molar-refractivity contribution in [3.8, 4) is 5.75 Å². The smallest absolute Gasteiger partial charge is 0.315 e. The van der Waals surface area contributed by atoms with E-state index in [0.717, 1.165) is 30.1 Å². The summed E-state index contributed by atoms with van der Waals surface area (Å²) in [7, 11) is 0. The van der Waals surface area contributed by atoms with E-state index in [1.807, 2.05) is 35.8 Å². The average molecular weight is 301 g/mol. The average Bonchev–Trinajstić information content (AvgIpc) is 3.01. The molecule has 1 unspecified atom stereocenters. The first-order chi connectivity index (χ1) is 10.8. The molecule has 0 aliphatic carbocycles. The van der Waals surface area contributed by atoms with Gasteiger partial charge in [-0.05, 0) is 13.0 Å². The van der Waals surface area contributed by atoms with Gasteiger partial charge in [-0.1, -0.05) is 18.2 Å². The monoisotopic (exact) mass is 301 g/mol. The lowest BCUT2D eigenvalue weighted by molar-refractivity contribution is 0.223. The van der Waals surface area contributed by atoms with E-state index in [1.165, 1.54) is 0 Å². The van der Waals surface area contributed by atoms with Gasteiger partial charge in [0.2, 0.25) is 0 Å².